The summed E-state index contributed by atoms with van der Waals surface area (Å²) in [6, 6.07) is 11.9. The van der Waals surface area contributed by atoms with Crippen LogP contribution in [0.2, 0.25) is 0 Å². The highest BCUT2D eigenvalue weighted by molar-refractivity contribution is 5.99. The predicted molar refractivity (Wildman–Crippen MR) is 122 cm³/mol. The minimum Gasteiger partial charge on any atom is -0.493 e. The number of nitrogens with zero attached hydrogens (tertiary/aromatic N) is 1. The van der Waals surface area contributed by atoms with Crippen LogP contribution in [-0.4, -0.2) is 25.0 Å². The van der Waals surface area contributed by atoms with Crippen LogP contribution in [0.1, 0.15) is 44.6 Å². The highest BCUT2D eigenvalue weighted by Gasteiger charge is 2.43. The molecule has 1 amide bonds. The van der Waals surface area contributed by atoms with Gasteiger partial charge in [0.1, 0.15) is 11.3 Å². The second kappa shape index (κ2) is 7.85. The fraction of sp³-hybridized carbons (Fsp3) is 0.231. The van der Waals surface area contributed by atoms with Crippen LogP contribution in [0.5, 0.6) is 11.5 Å². The zero-order valence-corrected chi connectivity index (χ0v) is 18.8. The van der Waals surface area contributed by atoms with Gasteiger partial charge in [-0.2, -0.15) is 0 Å². The number of carbonyl (C=O) groups excluding carboxylic acids is 1. The zero-order valence-electron chi connectivity index (χ0n) is 18.8. The van der Waals surface area contributed by atoms with Crippen molar-refractivity contribution in [1.82, 2.24) is 4.90 Å². The summed E-state index contributed by atoms with van der Waals surface area (Å²) in [5, 5.41) is 0.454. The summed E-state index contributed by atoms with van der Waals surface area (Å²) in [5.41, 5.74) is 3.18. The van der Waals surface area contributed by atoms with Gasteiger partial charge < -0.3 is 23.2 Å². The summed E-state index contributed by atoms with van der Waals surface area (Å²) >= 11 is 0. The third kappa shape index (κ3) is 3.28. The molecule has 7 nitrogen and oxygen atoms in total. The zero-order chi connectivity index (χ0) is 23.3. The summed E-state index contributed by atoms with van der Waals surface area (Å²) in [4.78, 5) is 28.8. The number of rotatable bonds is 5. The lowest BCUT2D eigenvalue weighted by atomic mass is 9.97. The number of carbonyl (C=O) groups is 1. The van der Waals surface area contributed by atoms with E-state index in [9.17, 15) is 9.59 Å². The number of benzene rings is 2. The Hall–Kier alpha value is -4.00. The molecule has 0 saturated carbocycles. The molecule has 7 heteroatoms. The third-order valence-electron chi connectivity index (χ3n) is 6.21. The number of hydrogen-bond acceptors (Lipinski definition) is 6. The van der Waals surface area contributed by atoms with E-state index in [1.165, 1.54) is 0 Å². The van der Waals surface area contributed by atoms with Gasteiger partial charge in [-0.05, 0) is 66.9 Å². The van der Waals surface area contributed by atoms with E-state index in [0.717, 1.165) is 11.1 Å². The van der Waals surface area contributed by atoms with E-state index in [1.54, 1.807) is 55.7 Å². The molecule has 0 spiro atoms. The molecular weight excluding hydrogens is 422 g/mol. The van der Waals surface area contributed by atoms with Crippen LogP contribution < -0.4 is 14.9 Å². The minimum atomic E-state index is -0.667. The molecule has 33 heavy (non-hydrogen) atoms. The van der Waals surface area contributed by atoms with Crippen LogP contribution >= 0.6 is 0 Å². The van der Waals surface area contributed by atoms with Gasteiger partial charge in [-0.1, -0.05) is 6.07 Å². The van der Waals surface area contributed by atoms with Gasteiger partial charge in [-0.25, -0.2) is 0 Å². The molecule has 1 aliphatic rings. The Morgan fingerprint density at radius 1 is 0.970 bits per heavy atom. The van der Waals surface area contributed by atoms with Crippen LogP contribution in [0, 0.1) is 13.8 Å². The first kappa shape index (κ1) is 20.9. The molecule has 0 fully saturated rings. The number of aryl methyl sites for hydroxylation is 2. The van der Waals surface area contributed by atoms with Crippen molar-refractivity contribution in [2.45, 2.75) is 26.4 Å². The maximum absolute atomic E-state index is 13.7. The highest BCUT2D eigenvalue weighted by Crippen LogP contribution is 2.41. The first-order chi connectivity index (χ1) is 15.9. The molecule has 0 bridgehead atoms. The van der Waals surface area contributed by atoms with Crippen molar-refractivity contribution in [2.24, 2.45) is 0 Å². The van der Waals surface area contributed by atoms with Gasteiger partial charge in [0.25, 0.3) is 5.91 Å². The second-order valence-electron chi connectivity index (χ2n) is 8.14. The molecule has 2 aromatic heterocycles. The molecule has 1 aliphatic heterocycles. The predicted octanol–water partition coefficient (Wildman–Crippen LogP) is 4.77. The van der Waals surface area contributed by atoms with Crippen molar-refractivity contribution in [1.29, 1.82) is 0 Å². The van der Waals surface area contributed by atoms with Crippen molar-refractivity contribution in [2.75, 3.05) is 14.2 Å². The van der Waals surface area contributed by atoms with Crippen LogP contribution in [0.15, 0.2) is 62.4 Å². The number of amides is 1. The SMILES string of the molecule is COc1ccc([C@H]2c3c(oc4cc(C)c(C)cc4c3=O)C(=O)N2Cc2ccco2)cc1OC. The smallest absolute Gasteiger partial charge is 0.291 e. The molecule has 0 aliphatic carbocycles. The third-order valence-corrected chi connectivity index (χ3v) is 6.21. The maximum Gasteiger partial charge on any atom is 0.291 e. The molecule has 5 rings (SSSR count). The average Bonchev–Trinajstić information content (AvgIpc) is 3.42. The Morgan fingerprint density at radius 3 is 2.42 bits per heavy atom. The molecule has 0 radical (unpaired) electrons. The summed E-state index contributed by atoms with van der Waals surface area (Å²) in [6.07, 6.45) is 1.55. The summed E-state index contributed by atoms with van der Waals surface area (Å²) in [5.74, 6) is 1.36. The Labute approximate surface area is 190 Å². The number of methoxy groups -OCH3 is 2. The first-order valence-corrected chi connectivity index (χ1v) is 10.6. The first-order valence-electron chi connectivity index (χ1n) is 10.6. The molecule has 168 valence electrons. The average molecular weight is 445 g/mol. The van der Waals surface area contributed by atoms with Crippen molar-refractivity contribution >= 4 is 16.9 Å². The van der Waals surface area contributed by atoms with Crippen LogP contribution in [0.4, 0.5) is 0 Å². The Bertz CT molecular complexity index is 1430. The van der Waals surface area contributed by atoms with Gasteiger partial charge in [0.05, 0.1) is 44.0 Å². The maximum atomic E-state index is 13.7. The van der Waals surface area contributed by atoms with E-state index < -0.39 is 6.04 Å². The topological polar surface area (TPSA) is 82.1 Å². The van der Waals surface area contributed by atoms with Gasteiger partial charge in [0.2, 0.25) is 5.76 Å². The molecule has 2 aromatic carbocycles. The summed E-state index contributed by atoms with van der Waals surface area (Å²) in [6.45, 7) is 4.07. The Morgan fingerprint density at radius 2 is 1.73 bits per heavy atom. The Kier molecular flexibility index (Phi) is 4.96. The minimum absolute atomic E-state index is 0.0575. The van der Waals surface area contributed by atoms with Crippen LogP contribution in [0.3, 0.4) is 0 Å². The number of fused-ring (bicyclic) bond motifs is 2. The Balaban J connectivity index is 1.76. The van der Waals surface area contributed by atoms with E-state index in [-0.39, 0.29) is 23.6 Å². The van der Waals surface area contributed by atoms with Crippen LogP contribution in [0.25, 0.3) is 11.0 Å². The van der Waals surface area contributed by atoms with Gasteiger partial charge >= 0.3 is 0 Å². The van der Waals surface area contributed by atoms with Gasteiger partial charge in [-0.3, -0.25) is 9.59 Å². The quantitative estimate of drug-likeness (QED) is 0.440. The van der Waals surface area contributed by atoms with Crippen molar-refractivity contribution in [3.05, 3.63) is 92.7 Å². The second-order valence-corrected chi connectivity index (χ2v) is 8.14. The molecule has 3 heterocycles. The molecule has 0 saturated heterocycles. The summed E-state index contributed by atoms with van der Waals surface area (Å²) < 4.78 is 22.4. The van der Waals surface area contributed by atoms with Crippen molar-refractivity contribution < 1.29 is 23.1 Å². The van der Waals surface area contributed by atoms with E-state index >= 15 is 0 Å². The van der Waals surface area contributed by atoms with E-state index in [4.69, 9.17) is 18.3 Å². The number of furan rings is 1. The fourth-order valence-corrected chi connectivity index (χ4v) is 4.38. The normalized spacial score (nSPS) is 15.2. The lowest BCUT2D eigenvalue weighted by Crippen LogP contribution is -2.29. The standard InChI is InChI=1S/C26H23NO6/c1-14-10-18-20(11-15(14)2)33-25-22(24(18)28)23(16-7-8-19(30-3)21(12-16)31-4)27(26(25)29)13-17-6-5-9-32-17/h5-12,23H,13H2,1-4H3/t23-/m0/s1. The van der Waals surface area contributed by atoms with Crippen molar-refractivity contribution in [3.63, 3.8) is 0 Å². The molecule has 4 aromatic rings. The molecule has 0 unspecified atom stereocenters. The van der Waals surface area contributed by atoms with Crippen molar-refractivity contribution in [3.8, 4) is 11.5 Å². The van der Waals surface area contributed by atoms with Gasteiger partial charge in [0, 0.05) is 0 Å². The van der Waals surface area contributed by atoms with E-state index in [0.29, 0.717) is 39.4 Å². The monoisotopic (exact) mass is 445 g/mol. The van der Waals surface area contributed by atoms with Gasteiger partial charge in [0.15, 0.2) is 16.9 Å². The lowest BCUT2D eigenvalue weighted by molar-refractivity contribution is 0.0701. The lowest BCUT2D eigenvalue weighted by Gasteiger charge is -2.25. The fourth-order valence-electron chi connectivity index (χ4n) is 4.38. The van der Waals surface area contributed by atoms with Gasteiger partial charge in [-0.15, -0.1) is 0 Å². The van der Waals surface area contributed by atoms with Crippen LogP contribution in [-0.2, 0) is 6.54 Å². The largest absolute Gasteiger partial charge is 0.493 e. The van der Waals surface area contributed by atoms with E-state index in [2.05, 4.69) is 0 Å². The highest BCUT2D eigenvalue weighted by atomic mass is 16.5. The molecule has 1 atom stereocenters. The number of hydrogen-bond donors (Lipinski definition) is 0. The summed E-state index contributed by atoms with van der Waals surface area (Å²) in [7, 11) is 3.10. The molecular formula is C26H23NO6. The molecule has 0 N–H and O–H groups in total. The number of ether oxygens (including phenoxy) is 2. The van der Waals surface area contributed by atoms with E-state index in [1.807, 2.05) is 26.0 Å².